The van der Waals surface area contributed by atoms with Gasteiger partial charge in [-0.3, -0.25) is 9.59 Å². The van der Waals surface area contributed by atoms with Gasteiger partial charge in [0.15, 0.2) is 11.6 Å². The lowest BCUT2D eigenvalue weighted by molar-refractivity contribution is -0.113. The van der Waals surface area contributed by atoms with E-state index < -0.39 is 0 Å². The Morgan fingerprint density at radius 3 is 1.83 bits per heavy atom. The summed E-state index contributed by atoms with van der Waals surface area (Å²) in [5.74, 6) is 0.524. The fourth-order valence-corrected chi connectivity index (χ4v) is 4.23. The Labute approximate surface area is 207 Å². The highest BCUT2D eigenvalue weighted by Crippen LogP contribution is 2.34. The Morgan fingerprint density at radius 1 is 0.829 bits per heavy atom. The number of nitrogens with zero attached hydrogens (tertiary/aromatic N) is 1. The molecule has 4 heteroatoms. The first-order valence-electron chi connectivity index (χ1n) is 12.0. The predicted molar refractivity (Wildman–Crippen MR) is 141 cm³/mol. The molecule has 1 aliphatic carbocycles. The van der Waals surface area contributed by atoms with E-state index in [0.29, 0.717) is 36.2 Å². The summed E-state index contributed by atoms with van der Waals surface area (Å²) in [5.41, 5.74) is 3.91. The molecule has 4 nitrogen and oxygen atoms in total. The van der Waals surface area contributed by atoms with Crippen molar-refractivity contribution in [3.05, 3.63) is 113 Å². The lowest BCUT2D eigenvalue weighted by atomic mass is 9.76. The highest BCUT2D eigenvalue weighted by atomic mass is 16.5. The molecule has 0 atom stereocenters. The zero-order chi connectivity index (χ0) is 24.6. The minimum atomic E-state index is -0.293. The van der Waals surface area contributed by atoms with Crippen molar-refractivity contribution in [2.45, 2.75) is 12.8 Å². The van der Waals surface area contributed by atoms with E-state index in [-0.39, 0.29) is 17.5 Å². The topological polar surface area (TPSA) is 46.6 Å². The third-order valence-electron chi connectivity index (χ3n) is 6.11. The largest absolute Gasteiger partial charge is 0.492 e. The zero-order valence-electron chi connectivity index (χ0n) is 20.3. The second-order valence-corrected chi connectivity index (χ2v) is 9.14. The minimum Gasteiger partial charge on any atom is -0.492 e. The summed E-state index contributed by atoms with van der Waals surface area (Å²) in [6.45, 7) is 1.41. The van der Waals surface area contributed by atoms with Gasteiger partial charge in [-0.15, -0.1) is 0 Å². The molecule has 0 N–H and O–H groups in total. The number of likely N-dealkylation sites (N-methyl/N-ethyl adjacent to an activating group) is 1. The number of benzene rings is 3. The second-order valence-electron chi connectivity index (χ2n) is 9.14. The number of carbonyl (C=O) groups excluding carboxylic acids is 2. The maximum Gasteiger partial charge on any atom is 0.185 e. The number of hydrogen-bond acceptors (Lipinski definition) is 4. The lowest BCUT2D eigenvalue weighted by Crippen LogP contribution is -2.26. The summed E-state index contributed by atoms with van der Waals surface area (Å²) in [6, 6.07) is 26.9. The standard InChI is InChI=1S/C31H31NO3/c1-32(2)17-18-35-29-15-13-25(14-16-29)30(33)28-21-26(19-23-9-5-3-6-10-23)31(34)27(22-28)20-24-11-7-4-8-12-24/h3-16,19-20,28H,17-18,21-22H2,1-2H3/b26-19+,27-20+. The van der Waals surface area contributed by atoms with Crippen LogP contribution in [0, 0.1) is 5.92 Å². The van der Waals surface area contributed by atoms with Gasteiger partial charge in [-0.2, -0.15) is 0 Å². The maximum atomic E-state index is 13.5. The van der Waals surface area contributed by atoms with Crippen molar-refractivity contribution in [1.29, 1.82) is 0 Å². The minimum absolute atomic E-state index is 0.0198. The molecule has 178 valence electrons. The van der Waals surface area contributed by atoms with Crippen molar-refractivity contribution in [2.75, 3.05) is 27.2 Å². The SMILES string of the molecule is CN(C)CCOc1ccc(C(=O)C2C/C(=C\c3ccccc3)C(=O)/C(=C/c3ccccc3)C2)cc1. The third kappa shape index (κ3) is 6.65. The smallest absolute Gasteiger partial charge is 0.185 e. The van der Waals surface area contributed by atoms with Gasteiger partial charge >= 0.3 is 0 Å². The van der Waals surface area contributed by atoms with Gasteiger partial charge in [-0.25, -0.2) is 0 Å². The first-order valence-corrected chi connectivity index (χ1v) is 12.0. The molecule has 0 aromatic heterocycles. The second kappa shape index (κ2) is 11.6. The van der Waals surface area contributed by atoms with Crippen LogP contribution in [-0.4, -0.2) is 43.7 Å². The van der Waals surface area contributed by atoms with Gasteiger partial charge in [0.25, 0.3) is 0 Å². The van der Waals surface area contributed by atoms with Crippen LogP contribution in [0.3, 0.4) is 0 Å². The molecule has 0 radical (unpaired) electrons. The van der Waals surface area contributed by atoms with Crippen LogP contribution in [-0.2, 0) is 4.79 Å². The summed E-state index contributed by atoms with van der Waals surface area (Å²) in [6.07, 6.45) is 4.70. The number of hydrogen-bond donors (Lipinski definition) is 0. The van der Waals surface area contributed by atoms with Crippen LogP contribution in [0.4, 0.5) is 0 Å². The molecule has 0 unspecified atom stereocenters. The number of ketones is 2. The van der Waals surface area contributed by atoms with Crippen LogP contribution in [0.1, 0.15) is 34.3 Å². The zero-order valence-corrected chi connectivity index (χ0v) is 20.3. The van der Waals surface area contributed by atoms with E-state index in [0.717, 1.165) is 23.4 Å². The van der Waals surface area contributed by atoms with Crippen LogP contribution in [0.15, 0.2) is 96.1 Å². The Hall–Kier alpha value is -3.76. The van der Waals surface area contributed by atoms with Gasteiger partial charge in [0.1, 0.15) is 12.4 Å². The molecule has 0 heterocycles. The van der Waals surface area contributed by atoms with Crippen LogP contribution in [0.5, 0.6) is 5.75 Å². The first-order chi connectivity index (χ1) is 17.0. The fourth-order valence-electron chi connectivity index (χ4n) is 4.23. The monoisotopic (exact) mass is 465 g/mol. The van der Waals surface area contributed by atoms with E-state index in [1.165, 1.54) is 0 Å². The van der Waals surface area contributed by atoms with E-state index in [4.69, 9.17) is 4.74 Å². The molecule has 1 aliphatic rings. The van der Waals surface area contributed by atoms with Crippen LogP contribution >= 0.6 is 0 Å². The Balaban J connectivity index is 1.58. The number of Topliss-reactive ketones (excluding diaryl/α,β-unsaturated/α-hetero) is 2. The Kier molecular flexibility index (Phi) is 8.07. The van der Waals surface area contributed by atoms with Gasteiger partial charge in [0, 0.05) is 29.2 Å². The summed E-state index contributed by atoms with van der Waals surface area (Å²) >= 11 is 0. The summed E-state index contributed by atoms with van der Waals surface area (Å²) in [5, 5.41) is 0. The van der Waals surface area contributed by atoms with Gasteiger partial charge in [0.2, 0.25) is 0 Å². The van der Waals surface area contributed by atoms with E-state index >= 15 is 0 Å². The van der Waals surface area contributed by atoms with Crippen molar-refractivity contribution in [1.82, 2.24) is 4.90 Å². The molecule has 0 bridgehead atoms. The van der Waals surface area contributed by atoms with Crippen molar-refractivity contribution in [2.24, 2.45) is 5.92 Å². The molecule has 0 amide bonds. The third-order valence-corrected chi connectivity index (χ3v) is 6.11. The van der Waals surface area contributed by atoms with E-state index in [9.17, 15) is 9.59 Å². The van der Waals surface area contributed by atoms with E-state index in [1.807, 2.05) is 111 Å². The van der Waals surface area contributed by atoms with E-state index in [2.05, 4.69) is 4.90 Å². The quantitative estimate of drug-likeness (QED) is 0.304. The van der Waals surface area contributed by atoms with Crippen LogP contribution < -0.4 is 4.74 Å². The number of carbonyl (C=O) groups is 2. The maximum absolute atomic E-state index is 13.5. The molecule has 0 spiro atoms. The van der Waals surface area contributed by atoms with Crippen LogP contribution in [0.25, 0.3) is 12.2 Å². The van der Waals surface area contributed by atoms with Crippen molar-refractivity contribution >= 4 is 23.7 Å². The molecular formula is C31H31NO3. The van der Waals surface area contributed by atoms with Gasteiger partial charge in [0.05, 0.1) is 0 Å². The van der Waals surface area contributed by atoms with Gasteiger partial charge in [-0.05, 0) is 74.5 Å². The molecule has 0 saturated heterocycles. The average Bonchev–Trinajstić information content (AvgIpc) is 2.87. The summed E-state index contributed by atoms with van der Waals surface area (Å²) in [7, 11) is 4.00. The number of rotatable bonds is 8. The molecule has 1 fully saturated rings. The molecule has 35 heavy (non-hydrogen) atoms. The molecular weight excluding hydrogens is 434 g/mol. The normalized spacial score (nSPS) is 18.3. The van der Waals surface area contributed by atoms with Gasteiger partial charge in [-0.1, -0.05) is 60.7 Å². The van der Waals surface area contributed by atoms with Crippen molar-refractivity contribution in [3.8, 4) is 5.75 Å². The van der Waals surface area contributed by atoms with Crippen molar-refractivity contribution < 1.29 is 14.3 Å². The number of allylic oxidation sites excluding steroid dienone is 2. The molecule has 3 aromatic carbocycles. The molecule has 3 aromatic rings. The predicted octanol–water partition coefficient (Wildman–Crippen LogP) is 5.96. The van der Waals surface area contributed by atoms with Gasteiger partial charge < -0.3 is 9.64 Å². The Morgan fingerprint density at radius 2 is 1.34 bits per heavy atom. The molecule has 1 saturated carbocycles. The highest BCUT2D eigenvalue weighted by Gasteiger charge is 2.32. The first kappa shape index (κ1) is 24.4. The molecule has 4 rings (SSSR count). The Bertz CT molecular complexity index is 1150. The molecule has 0 aliphatic heterocycles. The van der Waals surface area contributed by atoms with Crippen LogP contribution in [0.2, 0.25) is 0 Å². The van der Waals surface area contributed by atoms with E-state index in [1.54, 1.807) is 0 Å². The highest BCUT2D eigenvalue weighted by molar-refractivity contribution is 6.15. The summed E-state index contributed by atoms with van der Waals surface area (Å²) in [4.78, 5) is 28.9. The fraction of sp³-hybridized carbons (Fsp3) is 0.226. The number of ether oxygens (including phenoxy) is 1. The average molecular weight is 466 g/mol. The van der Waals surface area contributed by atoms with Crippen molar-refractivity contribution in [3.63, 3.8) is 0 Å². The lowest BCUT2D eigenvalue weighted by Gasteiger charge is -2.25. The summed E-state index contributed by atoms with van der Waals surface area (Å²) < 4.78 is 5.76.